The predicted octanol–water partition coefficient (Wildman–Crippen LogP) is 5.47. The van der Waals surface area contributed by atoms with Crippen LogP contribution < -0.4 is 0 Å². The molecule has 10 heteroatoms. The molecule has 0 spiro atoms. The lowest BCUT2D eigenvalue weighted by molar-refractivity contribution is -0.182. The van der Waals surface area contributed by atoms with Gasteiger partial charge in [0.25, 0.3) is 5.91 Å². The van der Waals surface area contributed by atoms with Gasteiger partial charge in [0.2, 0.25) is 0 Å². The number of carbonyl (C=O) groups excluding carboxylic acids is 1. The highest BCUT2D eigenvalue weighted by molar-refractivity contribution is 7.92. The molecule has 1 N–H and O–H groups in total. The Morgan fingerprint density at radius 3 is 2.25 bits per heavy atom. The van der Waals surface area contributed by atoms with E-state index in [2.05, 4.69) is 0 Å². The number of amides is 1. The Hall–Kier alpha value is -2.13. The zero-order valence-corrected chi connectivity index (χ0v) is 23.0. The van der Waals surface area contributed by atoms with Crippen LogP contribution in [0.2, 0.25) is 10.0 Å². The minimum atomic E-state index is -3.62. The molecule has 1 fully saturated rings. The Morgan fingerprint density at radius 2 is 1.72 bits per heavy atom. The van der Waals surface area contributed by atoms with Crippen LogP contribution in [0.3, 0.4) is 0 Å². The van der Waals surface area contributed by atoms with E-state index in [4.69, 9.17) is 27.9 Å². The quantitative estimate of drug-likeness (QED) is 0.463. The van der Waals surface area contributed by atoms with Crippen molar-refractivity contribution >= 4 is 44.9 Å². The number of hydrogen-bond acceptors (Lipinski definition) is 5. The Morgan fingerprint density at radius 1 is 1.08 bits per heavy atom. The summed E-state index contributed by atoms with van der Waals surface area (Å²) >= 11 is 12.4. The summed E-state index contributed by atoms with van der Waals surface area (Å²) in [4.78, 5) is 26.9. The molecule has 0 saturated carbocycles. The molecular weight excluding hydrogens is 525 g/mol. The lowest BCUT2D eigenvalue weighted by atomic mass is 9.89. The van der Waals surface area contributed by atoms with E-state index in [-0.39, 0.29) is 5.75 Å². The molecule has 196 valence electrons. The van der Waals surface area contributed by atoms with Gasteiger partial charge in [-0.1, -0.05) is 54.4 Å². The number of halogens is 2. The van der Waals surface area contributed by atoms with Gasteiger partial charge in [-0.3, -0.25) is 9.59 Å². The Labute approximate surface area is 222 Å². The second-order valence-electron chi connectivity index (χ2n) is 9.90. The van der Waals surface area contributed by atoms with E-state index in [1.165, 1.54) is 4.90 Å². The predicted molar refractivity (Wildman–Crippen MR) is 140 cm³/mol. The van der Waals surface area contributed by atoms with E-state index in [1.54, 1.807) is 69.3 Å². The van der Waals surface area contributed by atoms with Gasteiger partial charge in [-0.2, -0.15) is 0 Å². The van der Waals surface area contributed by atoms with E-state index in [1.807, 2.05) is 6.92 Å². The third-order valence-corrected chi connectivity index (χ3v) is 9.56. The first-order chi connectivity index (χ1) is 16.7. The fourth-order valence-corrected chi connectivity index (χ4v) is 6.03. The molecule has 4 atom stereocenters. The molecule has 3 rings (SSSR count). The van der Waals surface area contributed by atoms with E-state index in [0.29, 0.717) is 27.6 Å². The summed E-state index contributed by atoms with van der Waals surface area (Å²) in [6.45, 7) is 6.67. The molecule has 1 aliphatic heterocycles. The van der Waals surface area contributed by atoms with Crippen LogP contribution in [-0.4, -0.2) is 52.9 Å². The summed E-state index contributed by atoms with van der Waals surface area (Å²) in [5.41, 5.74) is 1.32. The summed E-state index contributed by atoms with van der Waals surface area (Å²) in [6.07, 6.45) is -2.30. The van der Waals surface area contributed by atoms with Crippen LogP contribution in [0.15, 0.2) is 48.5 Å². The number of morpholine rings is 1. The number of rotatable bonds is 8. The molecule has 0 radical (unpaired) electrons. The summed E-state index contributed by atoms with van der Waals surface area (Å²) in [5, 5.41) is 10.4. The molecule has 0 aromatic heterocycles. The van der Waals surface area contributed by atoms with Crippen LogP contribution in [-0.2, 0) is 24.2 Å². The molecule has 0 aliphatic carbocycles. The minimum absolute atomic E-state index is 0.273. The van der Waals surface area contributed by atoms with Crippen molar-refractivity contribution in [3.63, 3.8) is 0 Å². The van der Waals surface area contributed by atoms with Crippen molar-refractivity contribution in [2.45, 2.75) is 69.6 Å². The molecular formula is C26H31Cl2NO6S. The summed E-state index contributed by atoms with van der Waals surface area (Å²) in [5.74, 6) is -2.03. The monoisotopic (exact) mass is 555 g/mol. The van der Waals surface area contributed by atoms with Gasteiger partial charge in [-0.05, 0) is 62.6 Å². The third kappa shape index (κ3) is 6.22. The summed E-state index contributed by atoms with van der Waals surface area (Å²) in [7, 11) is -3.62. The van der Waals surface area contributed by atoms with Crippen LogP contribution in [0.4, 0.5) is 0 Å². The molecule has 2 aromatic rings. The summed E-state index contributed by atoms with van der Waals surface area (Å²) < 4.78 is 31.6. The van der Waals surface area contributed by atoms with Gasteiger partial charge >= 0.3 is 5.97 Å². The first-order valence-electron chi connectivity index (χ1n) is 11.7. The molecule has 2 aromatic carbocycles. The van der Waals surface area contributed by atoms with E-state index in [0.717, 1.165) is 0 Å². The van der Waals surface area contributed by atoms with Crippen molar-refractivity contribution < 1.29 is 27.9 Å². The second kappa shape index (κ2) is 11.1. The molecule has 1 heterocycles. The maximum atomic E-state index is 13.8. The number of hydrogen-bond donors (Lipinski definition) is 1. The second-order valence-corrected chi connectivity index (χ2v) is 13.6. The van der Waals surface area contributed by atoms with E-state index in [9.17, 15) is 23.1 Å². The number of benzene rings is 2. The van der Waals surface area contributed by atoms with Crippen molar-refractivity contribution in [3.05, 3.63) is 69.7 Å². The number of carbonyl (C=O) groups is 2. The Bertz CT molecular complexity index is 1210. The Kier molecular flexibility index (Phi) is 8.76. The van der Waals surface area contributed by atoms with Gasteiger partial charge in [0.15, 0.2) is 9.84 Å². The molecule has 1 saturated heterocycles. The fraction of sp³-hybridized carbons (Fsp3) is 0.462. The van der Waals surface area contributed by atoms with Gasteiger partial charge in [-0.25, -0.2) is 8.42 Å². The van der Waals surface area contributed by atoms with Crippen LogP contribution in [0.5, 0.6) is 0 Å². The van der Waals surface area contributed by atoms with E-state index < -0.39 is 57.2 Å². The van der Waals surface area contributed by atoms with Gasteiger partial charge in [0.05, 0.1) is 23.0 Å². The third-order valence-electron chi connectivity index (χ3n) is 6.39. The zero-order chi connectivity index (χ0) is 26.8. The lowest BCUT2D eigenvalue weighted by Crippen LogP contribution is -2.57. The highest BCUT2D eigenvalue weighted by Gasteiger charge is 2.48. The maximum absolute atomic E-state index is 13.8. The van der Waals surface area contributed by atoms with Crippen LogP contribution >= 0.6 is 23.2 Å². The standard InChI is InChI=1S/C26H31Cl2NO6S/c1-5-20(15-36(33,34)26(2,3)4)29-23(16-9-11-18(27)12-10-16)24(17-7-6-8-19(28)13-17)35-21(25(29)32)14-22(30)31/h6-13,20-21,23-24H,5,14-15H2,1-4H3,(H,30,31)/t20-,21-,23+,24+/m0/s1. The van der Waals surface area contributed by atoms with Crippen LogP contribution in [0, 0.1) is 0 Å². The zero-order valence-electron chi connectivity index (χ0n) is 20.6. The highest BCUT2D eigenvalue weighted by Crippen LogP contribution is 2.45. The molecule has 0 bridgehead atoms. The first-order valence-corrected chi connectivity index (χ1v) is 14.1. The normalized spacial score (nSPS) is 21.9. The van der Waals surface area contributed by atoms with Crippen LogP contribution in [0.25, 0.3) is 0 Å². The first kappa shape index (κ1) is 28.4. The highest BCUT2D eigenvalue weighted by atomic mass is 35.5. The van der Waals surface area contributed by atoms with Gasteiger partial charge < -0.3 is 14.7 Å². The number of carboxylic acid groups (broad SMARTS) is 1. The van der Waals surface area contributed by atoms with Crippen molar-refractivity contribution in [2.24, 2.45) is 0 Å². The SMILES string of the molecule is CC[C@@H](CS(=O)(=O)C(C)(C)C)N1C(=O)[C@H](CC(=O)O)O[C@H](c2cccc(Cl)c2)[C@H]1c1ccc(Cl)cc1. The molecule has 1 amide bonds. The number of sulfone groups is 1. The lowest BCUT2D eigenvalue weighted by Gasteiger charge is -2.48. The number of aliphatic carboxylic acids is 1. The fourth-order valence-electron chi connectivity index (χ4n) is 4.30. The topological polar surface area (TPSA) is 101 Å². The number of carboxylic acids is 1. The van der Waals surface area contributed by atoms with Crippen molar-refractivity contribution in [3.8, 4) is 0 Å². The summed E-state index contributed by atoms with van der Waals surface area (Å²) in [6, 6.07) is 12.4. The number of nitrogens with zero attached hydrogens (tertiary/aromatic N) is 1. The average molecular weight is 557 g/mol. The average Bonchev–Trinajstić information content (AvgIpc) is 2.78. The van der Waals surface area contributed by atoms with Gasteiger partial charge in [0, 0.05) is 16.1 Å². The Balaban J connectivity index is 2.21. The van der Waals surface area contributed by atoms with E-state index >= 15 is 0 Å². The molecule has 36 heavy (non-hydrogen) atoms. The molecule has 7 nitrogen and oxygen atoms in total. The smallest absolute Gasteiger partial charge is 0.306 e. The number of ether oxygens (including phenoxy) is 1. The largest absolute Gasteiger partial charge is 0.481 e. The van der Waals surface area contributed by atoms with Crippen molar-refractivity contribution in [1.29, 1.82) is 0 Å². The van der Waals surface area contributed by atoms with Crippen LogP contribution in [0.1, 0.15) is 63.8 Å². The van der Waals surface area contributed by atoms with Crippen molar-refractivity contribution in [2.75, 3.05) is 5.75 Å². The van der Waals surface area contributed by atoms with Gasteiger partial charge in [0.1, 0.15) is 12.2 Å². The minimum Gasteiger partial charge on any atom is -0.481 e. The van der Waals surface area contributed by atoms with Crippen molar-refractivity contribution in [1.82, 2.24) is 4.90 Å². The maximum Gasteiger partial charge on any atom is 0.306 e. The van der Waals surface area contributed by atoms with Gasteiger partial charge in [-0.15, -0.1) is 0 Å². The molecule has 0 unspecified atom stereocenters. The molecule has 1 aliphatic rings.